The van der Waals surface area contributed by atoms with E-state index in [1.54, 1.807) is 0 Å². The van der Waals surface area contributed by atoms with Gasteiger partial charge in [-0.25, -0.2) is 8.42 Å². The number of hydrogen-bond donors (Lipinski definition) is 1. The lowest BCUT2D eigenvalue weighted by molar-refractivity contribution is -0.384. The second-order valence-corrected chi connectivity index (χ2v) is 6.49. The van der Waals surface area contributed by atoms with E-state index in [0.29, 0.717) is 0 Å². The molecule has 1 N–H and O–H groups in total. The lowest BCUT2D eigenvalue weighted by atomic mass is 10.3. The van der Waals surface area contributed by atoms with Gasteiger partial charge >= 0.3 is 0 Å². The van der Waals surface area contributed by atoms with Crippen LogP contribution in [0.2, 0.25) is 10.0 Å². The number of benzene rings is 2. The van der Waals surface area contributed by atoms with Crippen LogP contribution in [0, 0.1) is 10.1 Å². The first-order valence-electron chi connectivity index (χ1n) is 5.52. The lowest BCUT2D eigenvalue weighted by Crippen LogP contribution is -2.13. The van der Waals surface area contributed by atoms with Gasteiger partial charge in [-0.15, -0.1) is 0 Å². The van der Waals surface area contributed by atoms with Crippen LogP contribution in [0.15, 0.2) is 47.4 Å². The third-order valence-corrected chi connectivity index (χ3v) is 4.63. The zero-order valence-electron chi connectivity index (χ0n) is 10.3. The fraction of sp³-hybridized carbons (Fsp3) is 0. The molecule has 0 amide bonds. The summed E-state index contributed by atoms with van der Waals surface area (Å²) in [6.45, 7) is 0. The fourth-order valence-electron chi connectivity index (χ4n) is 1.54. The zero-order chi connectivity index (χ0) is 15.6. The number of nitro groups is 1. The Labute approximate surface area is 130 Å². The van der Waals surface area contributed by atoms with Gasteiger partial charge in [0.1, 0.15) is 0 Å². The molecule has 0 heterocycles. The highest BCUT2D eigenvalue weighted by Crippen LogP contribution is 2.26. The predicted molar refractivity (Wildman–Crippen MR) is 80.4 cm³/mol. The molecule has 0 aliphatic heterocycles. The molecule has 0 fully saturated rings. The second kappa shape index (κ2) is 5.88. The highest BCUT2D eigenvalue weighted by Gasteiger charge is 2.17. The van der Waals surface area contributed by atoms with Gasteiger partial charge in [0.15, 0.2) is 0 Å². The Morgan fingerprint density at radius 2 is 1.76 bits per heavy atom. The van der Waals surface area contributed by atoms with Crippen LogP contribution in [0.4, 0.5) is 11.4 Å². The van der Waals surface area contributed by atoms with Gasteiger partial charge in [0.05, 0.1) is 25.6 Å². The van der Waals surface area contributed by atoms with E-state index in [-0.39, 0.29) is 26.3 Å². The molecule has 21 heavy (non-hydrogen) atoms. The van der Waals surface area contributed by atoms with Crippen LogP contribution in [0.5, 0.6) is 0 Å². The fourth-order valence-corrected chi connectivity index (χ4v) is 2.98. The minimum absolute atomic E-state index is 0.0790. The summed E-state index contributed by atoms with van der Waals surface area (Å²) in [5.41, 5.74) is -0.139. The molecule has 2 rings (SSSR count). The summed E-state index contributed by atoms with van der Waals surface area (Å²) in [5, 5.41) is 11.0. The minimum Gasteiger partial charge on any atom is -0.279 e. The standard InChI is InChI=1S/C12H8Cl2N2O4S/c13-11-5-4-10(7-12(11)14)21(19,20)15-8-2-1-3-9(6-8)16(17)18/h1-7,15H. The van der Waals surface area contributed by atoms with Crippen molar-refractivity contribution >= 4 is 44.6 Å². The van der Waals surface area contributed by atoms with E-state index in [1.807, 2.05) is 0 Å². The van der Waals surface area contributed by atoms with Crippen molar-refractivity contribution in [2.75, 3.05) is 4.72 Å². The lowest BCUT2D eigenvalue weighted by Gasteiger charge is -2.08. The van der Waals surface area contributed by atoms with Crippen molar-refractivity contribution in [1.29, 1.82) is 0 Å². The number of anilines is 1. The number of nitrogens with zero attached hydrogens (tertiary/aromatic N) is 1. The number of non-ortho nitro benzene ring substituents is 1. The van der Waals surface area contributed by atoms with Crippen molar-refractivity contribution in [3.05, 3.63) is 62.6 Å². The van der Waals surface area contributed by atoms with Crippen molar-refractivity contribution in [3.63, 3.8) is 0 Å². The van der Waals surface area contributed by atoms with Gasteiger partial charge in [-0.2, -0.15) is 0 Å². The largest absolute Gasteiger partial charge is 0.279 e. The summed E-state index contributed by atoms with van der Waals surface area (Å²) < 4.78 is 26.6. The Kier molecular flexibility index (Phi) is 4.36. The smallest absolute Gasteiger partial charge is 0.271 e. The highest BCUT2D eigenvalue weighted by atomic mass is 35.5. The molecule has 0 saturated carbocycles. The summed E-state index contributed by atoms with van der Waals surface area (Å²) in [7, 11) is -3.91. The number of sulfonamides is 1. The molecule has 0 aliphatic rings. The maximum atomic E-state index is 12.2. The maximum Gasteiger partial charge on any atom is 0.271 e. The van der Waals surface area contributed by atoms with Crippen LogP contribution in [-0.4, -0.2) is 13.3 Å². The molecule has 9 heteroatoms. The van der Waals surface area contributed by atoms with Gasteiger partial charge < -0.3 is 0 Å². The Hall–Kier alpha value is -1.83. The average Bonchev–Trinajstić information content (AvgIpc) is 2.41. The van der Waals surface area contributed by atoms with Crippen molar-refractivity contribution in [3.8, 4) is 0 Å². The van der Waals surface area contributed by atoms with Crippen LogP contribution in [-0.2, 0) is 10.0 Å². The first kappa shape index (κ1) is 15.6. The van der Waals surface area contributed by atoms with E-state index < -0.39 is 14.9 Å². The average molecular weight is 347 g/mol. The molecule has 0 radical (unpaired) electrons. The van der Waals surface area contributed by atoms with Gasteiger partial charge in [0, 0.05) is 12.1 Å². The first-order valence-corrected chi connectivity index (χ1v) is 7.76. The highest BCUT2D eigenvalue weighted by molar-refractivity contribution is 7.92. The van der Waals surface area contributed by atoms with Crippen LogP contribution in [0.1, 0.15) is 0 Å². The SMILES string of the molecule is O=[N+]([O-])c1cccc(NS(=O)(=O)c2ccc(Cl)c(Cl)c2)c1. The van der Waals surface area contributed by atoms with Crippen molar-refractivity contribution < 1.29 is 13.3 Å². The number of nitrogens with one attached hydrogen (secondary N) is 1. The quantitative estimate of drug-likeness (QED) is 0.674. The van der Waals surface area contributed by atoms with Crippen LogP contribution in [0.3, 0.4) is 0 Å². The number of rotatable bonds is 4. The Bertz CT molecular complexity index is 809. The molecule has 2 aromatic carbocycles. The molecule has 6 nitrogen and oxygen atoms in total. The van der Waals surface area contributed by atoms with Crippen molar-refractivity contribution in [2.24, 2.45) is 0 Å². The molecular formula is C12H8Cl2N2O4S. The Morgan fingerprint density at radius 1 is 1.05 bits per heavy atom. The zero-order valence-corrected chi connectivity index (χ0v) is 12.6. The Morgan fingerprint density at radius 3 is 2.38 bits per heavy atom. The maximum absolute atomic E-state index is 12.2. The molecule has 0 saturated heterocycles. The molecule has 0 spiro atoms. The number of nitro benzene ring substituents is 1. The van der Waals surface area contributed by atoms with Gasteiger partial charge in [-0.05, 0) is 24.3 Å². The monoisotopic (exact) mass is 346 g/mol. The van der Waals surface area contributed by atoms with Gasteiger partial charge in [-0.3, -0.25) is 14.8 Å². The van der Waals surface area contributed by atoms with E-state index >= 15 is 0 Å². The van der Waals surface area contributed by atoms with E-state index in [2.05, 4.69) is 4.72 Å². The molecule has 0 atom stereocenters. The third kappa shape index (κ3) is 3.63. The molecule has 0 aromatic heterocycles. The third-order valence-electron chi connectivity index (χ3n) is 2.51. The molecule has 110 valence electrons. The molecule has 0 unspecified atom stereocenters. The number of halogens is 2. The summed E-state index contributed by atoms with van der Waals surface area (Å²) in [5.74, 6) is 0. The summed E-state index contributed by atoms with van der Waals surface area (Å²) in [6, 6.07) is 9.00. The van der Waals surface area contributed by atoms with Gasteiger partial charge in [0.25, 0.3) is 15.7 Å². The van der Waals surface area contributed by atoms with Crippen LogP contribution >= 0.6 is 23.2 Å². The van der Waals surface area contributed by atoms with Crippen molar-refractivity contribution in [1.82, 2.24) is 0 Å². The van der Waals surface area contributed by atoms with E-state index in [1.165, 1.54) is 36.4 Å². The molecule has 2 aromatic rings. The van der Waals surface area contributed by atoms with Crippen molar-refractivity contribution in [2.45, 2.75) is 4.90 Å². The van der Waals surface area contributed by atoms with Crippen LogP contribution in [0.25, 0.3) is 0 Å². The topological polar surface area (TPSA) is 89.3 Å². The van der Waals surface area contributed by atoms with Gasteiger partial charge in [0.2, 0.25) is 0 Å². The van der Waals surface area contributed by atoms with E-state index in [9.17, 15) is 18.5 Å². The molecule has 0 aliphatic carbocycles. The molecular weight excluding hydrogens is 339 g/mol. The second-order valence-electron chi connectivity index (χ2n) is 3.99. The van der Waals surface area contributed by atoms with Gasteiger partial charge in [-0.1, -0.05) is 29.3 Å². The van der Waals surface area contributed by atoms with E-state index in [0.717, 1.165) is 6.07 Å². The minimum atomic E-state index is -3.91. The first-order chi connectivity index (χ1) is 9.79. The number of hydrogen-bond acceptors (Lipinski definition) is 4. The summed E-state index contributed by atoms with van der Waals surface area (Å²) in [6.07, 6.45) is 0. The summed E-state index contributed by atoms with van der Waals surface area (Å²) >= 11 is 11.5. The normalized spacial score (nSPS) is 11.1. The van der Waals surface area contributed by atoms with E-state index in [4.69, 9.17) is 23.2 Å². The summed E-state index contributed by atoms with van der Waals surface area (Å²) in [4.78, 5) is 9.96. The van der Waals surface area contributed by atoms with Crippen LogP contribution < -0.4 is 4.72 Å². The Balaban J connectivity index is 2.35. The molecule has 0 bridgehead atoms. The predicted octanol–water partition coefficient (Wildman–Crippen LogP) is 3.70.